The Balaban J connectivity index is 1.83. The van der Waals surface area contributed by atoms with E-state index in [-0.39, 0.29) is 12.5 Å². The number of fused-ring (bicyclic) bond motifs is 3. The SMILES string of the molecule is COC(=O)Cc1nc2ncc3c(n2n1)CCN(C(=O)OC(C)(C)C)C3. The summed E-state index contributed by atoms with van der Waals surface area (Å²) in [5, 5.41) is 4.35. The zero-order valence-electron chi connectivity index (χ0n) is 14.8. The topological polar surface area (TPSA) is 98.9 Å². The smallest absolute Gasteiger partial charge is 0.410 e. The summed E-state index contributed by atoms with van der Waals surface area (Å²) in [7, 11) is 1.32. The van der Waals surface area contributed by atoms with E-state index in [9.17, 15) is 9.59 Å². The minimum Gasteiger partial charge on any atom is -0.469 e. The van der Waals surface area contributed by atoms with Crippen LogP contribution in [0.5, 0.6) is 0 Å². The molecule has 0 saturated heterocycles. The van der Waals surface area contributed by atoms with Crippen LogP contribution in [0.2, 0.25) is 0 Å². The third kappa shape index (κ3) is 3.70. The molecule has 0 radical (unpaired) electrons. The number of ether oxygens (including phenoxy) is 2. The third-order valence-electron chi connectivity index (χ3n) is 3.76. The fraction of sp³-hybridized carbons (Fsp3) is 0.562. The van der Waals surface area contributed by atoms with Gasteiger partial charge in [0.1, 0.15) is 12.0 Å². The highest BCUT2D eigenvalue weighted by Crippen LogP contribution is 2.21. The Kier molecular flexibility index (Phi) is 4.32. The minimum atomic E-state index is -0.533. The highest BCUT2D eigenvalue weighted by Gasteiger charge is 2.27. The first kappa shape index (κ1) is 17.1. The van der Waals surface area contributed by atoms with Crippen LogP contribution in [0.3, 0.4) is 0 Å². The van der Waals surface area contributed by atoms with Crippen molar-refractivity contribution < 1.29 is 19.1 Å². The van der Waals surface area contributed by atoms with Crippen molar-refractivity contribution in [3.05, 3.63) is 23.3 Å². The Hall–Kier alpha value is -2.71. The highest BCUT2D eigenvalue weighted by atomic mass is 16.6. The molecule has 0 atom stereocenters. The lowest BCUT2D eigenvalue weighted by Crippen LogP contribution is -2.40. The molecular formula is C16H21N5O4. The van der Waals surface area contributed by atoms with E-state index < -0.39 is 11.6 Å². The third-order valence-corrected chi connectivity index (χ3v) is 3.76. The average molecular weight is 347 g/mol. The average Bonchev–Trinajstić information content (AvgIpc) is 2.95. The molecule has 1 aliphatic rings. The van der Waals surface area contributed by atoms with Crippen LogP contribution < -0.4 is 0 Å². The largest absolute Gasteiger partial charge is 0.469 e. The predicted octanol–water partition coefficient (Wildman–Crippen LogP) is 1.13. The molecule has 9 nitrogen and oxygen atoms in total. The minimum absolute atomic E-state index is 0.00132. The van der Waals surface area contributed by atoms with Crippen LogP contribution in [0.4, 0.5) is 4.79 Å². The first-order valence-corrected chi connectivity index (χ1v) is 8.04. The summed E-state index contributed by atoms with van der Waals surface area (Å²) in [6.45, 7) is 6.44. The van der Waals surface area contributed by atoms with Crippen LogP contribution in [0.15, 0.2) is 6.20 Å². The molecule has 0 bridgehead atoms. The van der Waals surface area contributed by atoms with Gasteiger partial charge in [0.2, 0.25) is 0 Å². The monoisotopic (exact) mass is 347 g/mol. The number of aromatic nitrogens is 4. The Morgan fingerprint density at radius 2 is 2.08 bits per heavy atom. The summed E-state index contributed by atoms with van der Waals surface area (Å²) in [6.07, 6.45) is 1.95. The van der Waals surface area contributed by atoms with Crippen molar-refractivity contribution in [2.75, 3.05) is 13.7 Å². The molecule has 0 saturated carbocycles. The summed E-state index contributed by atoms with van der Waals surface area (Å²) < 4.78 is 11.7. The van der Waals surface area contributed by atoms with Gasteiger partial charge >= 0.3 is 12.1 Å². The highest BCUT2D eigenvalue weighted by molar-refractivity contribution is 5.71. The number of carbonyl (C=O) groups excluding carboxylic acids is 2. The Labute approximate surface area is 144 Å². The van der Waals surface area contributed by atoms with Gasteiger partial charge in [-0.2, -0.15) is 4.98 Å². The van der Waals surface area contributed by atoms with Crippen molar-refractivity contribution in [3.63, 3.8) is 0 Å². The number of nitrogens with zero attached hydrogens (tertiary/aromatic N) is 5. The maximum atomic E-state index is 12.2. The van der Waals surface area contributed by atoms with Gasteiger partial charge in [0.25, 0.3) is 5.78 Å². The first-order valence-electron chi connectivity index (χ1n) is 8.04. The van der Waals surface area contributed by atoms with Crippen molar-refractivity contribution in [2.24, 2.45) is 0 Å². The van der Waals surface area contributed by atoms with Gasteiger partial charge in [-0.3, -0.25) is 4.79 Å². The van der Waals surface area contributed by atoms with E-state index in [1.807, 2.05) is 20.8 Å². The van der Waals surface area contributed by atoms with E-state index in [0.29, 0.717) is 31.1 Å². The molecule has 2 aromatic rings. The molecule has 2 aromatic heterocycles. The van der Waals surface area contributed by atoms with E-state index in [1.165, 1.54) is 7.11 Å². The summed E-state index contributed by atoms with van der Waals surface area (Å²) in [4.78, 5) is 33.8. The Morgan fingerprint density at radius 3 is 2.76 bits per heavy atom. The fourth-order valence-corrected chi connectivity index (χ4v) is 2.64. The van der Waals surface area contributed by atoms with Crippen molar-refractivity contribution >= 4 is 17.8 Å². The van der Waals surface area contributed by atoms with E-state index in [1.54, 1.807) is 15.6 Å². The molecule has 3 rings (SSSR count). The number of carbonyl (C=O) groups is 2. The van der Waals surface area contributed by atoms with Crippen molar-refractivity contribution in [1.82, 2.24) is 24.5 Å². The van der Waals surface area contributed by atoms with Crippen LogP contribution >= 0.6 is 0 Å². The number of hydrogen-bond donors (Lipinski definition) is 0. The Morgan fingerprint density at radius 1 is 1.32 bits per heavy atom. The van der Waals surface area contributed by atoms with E-state index >= 15 is 0 Å². The summed E-state index contributed by atoms with van der Waals surface area (Å²) >= 11 is 0. The summed E-state index contributed by atoms with van der Waals surface area (Å²) in [6, 6.07) is 0. The van der Waals surface area contributed by atoms with E-state index in [4.69, 9.17) is 4.74 Å². The van der Waals surface area contributed by atoms with Crippen LogP contribution in [0.1, 0.15) is 37.9 Å². The van der Waals surface area contributed by atoms with Gasteiger partial charge in [-0.05, 0) is 20.8 Å². The lowest BCUT2D eigenvalue weighted by molar-refractivity contribution is -0.139. The molecule has 9 heteroatoms. The molecule has 1 aliphatic heterocycles. The molecule has 25 heavy (non-hydrogen) atoms. The molecule has 3 heterocycles. The van der Waals surface area contributed by atoms with Crippen LogP contribution in [-0.4, -0.2) is 55.8 Å². The molecule has 0 spiro atoms. The number of amides is 1. The standard InChI is InChI=1S/C16H21N5O4/c1-16(2,3)25-15(23)20-6-5-11-10(9-20)8-17-14-18-12(19-21(11)14)7-13(22)24-4/h8H,5-7,9H2,1-4H3. The quantitative estimate of drug-likeness (QED) is 0.751. The molecule has 1 amide bonds. The number of methoxy groups -OCH3 is 1. The van der Waals surface area contributed by atoms with Gasteiger partial charge in [0.05, 0.1) is 19.3 Å². The van der Waals surface area contributed by atoms with Crippen LogP contribution in [0, 0.1) is 0 Å². The molecule has 134 valence electrons. The second-order valence-electron chi connectivity index (χ2n) is 6.87. The number of esters is 1. The summed E-state index contributed by atoms with van der Waals surface area (Å²) in [5.41, 5.74) is 1.29. The maximum Gasteiger partial charge on any atom is 0.410 e. The lowest BCUT2D eigenvalue weighted by atomic mass is 10.1. The van der Waals surface area contributed by atoms with Gasteiger partial charge in [-0.25, -0.2) is 14.3 Å². The van der Waals surface area contributed by atoms with E-state index in [2.05, 4.69) is 19.8 Å². The predicted molar refractivity (Wildman–Crippen MR) is 86.9 cm³/mol. The fourth-order valence-electron chi connectivity index (χ4n) is 2.64. The Bertz CT molecular complexity index is 824. The second-order valence-corrected chi connectivity index (χ2v) is 6.87. The van der Waals surface area contributed by atoms with Gasteiger partial charge in [0, 0.05) is 24.7 Å². The zero-order chi connectivity index (χ0) is 18.2. The van der Waals surface area contributed by atoms with Crippen molar-refractivity contribution in [2.45, 2.75) is 45.8 Å². The van der Waals surface area contributed by atoms with Gasteiger partial charge in [-0.1, -0.05) is 0 Å². The second kappa shape index (κ2) is 6.30. The van der Waals surface area contributed by atoms with E-state index in [0.717, 1.165) is 11.3 Å². The maximum absolute atomic E-state index is 12.2. The van der Waals surface area contributed by atoms with Gasteiger partial charge in [-0.15, -0.1) is 5.10 Å². The molecule has 0 unspecified atom stereocenters. The molecule has 0 fully saturated rings. The molecule has 0 aromatic carbocycles. The normalized spacial score (nSPS) is 14.3. The van der Waals surface area contributed by atoms with Gasteiger partial charge in [0.15, 0.2) is 5.82 Å². The summed E-state index contributed by atoms with van der Waals surface area (Å²) in [5.74, 6) is 0.395. The molecule has 0 aliphatic carbocycles. The first-order chi connectivity index (χ1) is 11.8. The molecule has 0 N–H and O–H groups in total. The molecular weight excluding hydrogens is 326 g/mol. The van der Waals surface area contributed by atoms with Gasteiger partial charge < -0.3 is 14.4 Å². The van der Waals surface area contributed by atoms with Crippen LogP contribution in [0.25, 0.3) is 5.78 Å². The zero-order valence-corrected chi connectivity index (χ0v) is 14.8. The van der Waals surface area contributed by atoms with Crippen molar-refractivity contribution in [1.29, 1.82) is 0 Å². The lowest BCUT2D eigenvalue weighted by Gasteiger charge is -2.30. The van der Waals surface area contributed by atoms with Crippen LogP contribution in [-0.2, 0) is 33.7 Å². The van der Waals surface area contributed by atoms with Crippen molar-refractivity contribution in [3.8, 4) is 0 Å². The number of hydrogen-bond acceptors (Lipinski definition) is 7. The number of rotatable bonds is 2.